The summed E-state index contributed by atoms with van der Waals surface area (Å²) in [5.74, 6) is -0.277. The van der Waals surface area contributed by atoms with Gasteiger partial charge in [0.05, 0.1) is 26.0 Å². The van der Waals surface area contributed by atoms with Gasteiger partial charge in [0.1, 0.15) is 4.88 Å². The molecule has 0 unspecified atom stereocenters. The summed E-state index contributed by atoms with van der Waals surface area (Å²) >= 11 is 5.04. The summed E-state index contributed by atoms with van der Waals surface area (Å²) in [4.78, 5) is 31.0. The molecule has 4 aromatic heterocycles. The maximum atomic E-state index is 12.8. The Bertz CT molecular complexity index is 1570. The van der Waals surface area contributed by atoms with E-state index in [2.05, 4.69) is 62.7 Å². The first kappa shape index (κ1) is 21.8. The van der Waals surface area contributed by atoms with Gasteiger partial charge in [-0.2, -0.15) is 0 Å². The smallest absolute Gasteiger partial charge is 0.271 e. The number of aromatic nitrogens is 1. The van der Waals surface area contributed by atoms with E-state index < -0.39 is 0 Å². The summed E-state index contributed by atoms with van der Waals surface area (Å²) in [6.45, 7) is 6.86. The summed E-state index contributed by atoms with van der Waals surface area (Å²) in [7, 11) is 2.12. The minimum atomic E-state index is -0.143. The van der Waals surface area contributed by atoms with Crippen molar-refractivity contribution in [3.8, 4) is 20.2 Å². The Balaban J connectivity index is 1.40. The van der Waals surface area contributed by atoms with E-state index in [-0.39, 0.29) is 11.8 Å². The maximum absolute atomic E-state index is 12.8. The van der Waals surface area contributed by atoms with Gasteiger partial charge in [0, 0.05) is 28.2 Å². The van der Waals surface area contributed by atoms with Gasteiger partial charge in [0.2, 0.25) is 0 Å². The van der Waals surface area contributed by atoms with E-state index in [1.807, 2.05) is 17.4 Å². The molecular formula is C27H24N2O2S3. The molecule has 1 aliphatic heterocycles. The molecule has 0 atom stereocenters. The van der Waals surface area contributed by atoms with E-state index in [9.17, 15) is 9.59 Å². The molecule has 6 rings (SSSR count). The van der Waals surface area contributed by atoms with Crippen molar-refractivity contribution >= 4 is 66.3 Å². The number of imide groups is 1. The third kappa shape index (κ3) is 3.21. The molecular weight excluding hydrogens is 481 g/mol. The number of carbonyl (C=O) groups is 2. The number of aryl methyl sites for hydroxylation is 3. The van der Waals surface area contributed by atoms with Crippen LogP contribution in [0.2, 0.25) is 0 Å². The number of hydrogen-bond donors (Lipinski definition) is 0. The van der Waals surface area contributed by atoms with Crippen molar-refractivity contribution in [3.63, 3.8) is 0 Å². The summed E-state index contributed by atoms with van der Waals surface area (Å²) < 4.78 is 4.83. The molecule has 0 bridgehead atoms. The third-order valence-corrected chi connectivity index (χ3v) is 10.3. The van der Waals surface area contributed by atoms with E-state index in [0.717, 1.165) is 22.6 Å². The predicted molar refractivity (Wildman–Crippen MR) is 145 cm³/mol. The molecule has 0 radical (unpaired) electrons. The highest BCUT2D eigenvalue weighted by molar-refractivity contribution is 7.31. The zero-order chi connectivity index (χ0) is 23.7. The topological polar surface area (TPSA) is 42.3 Å². The number of benzene rings is 1. The van der Waals surface area contributed by atoms with Crippen molar-refractivity contribution in [1.82, 2.24) is 9.47 Å². The Hall–Kier alpha value is -2.74. The normalized spacial score (nSPS) is 13.7. The molecule has 0 N–H and O–H groups in total. The molecule has 172 valence electrons. The second-order valence-electron chi connectivity index (χ2n) is 9.05. The summed E-state index contributed by atoms with van der Waals surface area (Å²) in [6, 6.07) is 13.1. The van der Waals surface area contributed by atoms with E-state index >= 15 is 0 Å². The summed E-state index contributed by atoms with van der Waals surface area (Å²) in [5.41, 5.74) is 6.83. The van der Waals surface area contributed by atoms with Gasteiger partial charge in [0.25, 0.3) is 11.8 Å². The number of rotatable bonds is 5. The fourth-order valence-electron chi connectivity index (χ4n) is 4.81. The number of fused-ring (bicyclic) bond motifs is 4. The van der Waals surface area contributed by atoms with Crippen LogP contribution in [0, 0.1) is 13.8 Å². The van der Waals surface area contributed by atoms with Crippen molar-refractivity contribution in [2.75, 3.05) is 6.54 Å². The lowest BCUT2D eigenvalue weighted by Crippen LogP contribution is -2.30. The minimum absolute atomic E-state index is 0.135. The molecule has 4 nitrogen and oxygen atoms in total. The molecule has 2 amide bonds. The molecule has 7 heteroatoms. The quantitative estimate of drug-likeness (QED) is 0.229. The van der Waals surface area contributed by atoms with E-state index in [1.165, 1.54) is 58.2 Å². The van der Waals surface area contributed by atoms with Crippen LogP contribution in [0.3, 0.4) is 0 Å². The van der Waals surface area contributed by atoms with E-state index in [1.54, 1.807) is 11.3 Å². The molecule has 0 aliphatic carbocycles. The molecule has 5 aromatic rings. The van der Waals surface area contributed by atoms with Crippen LogP contribution in [0.15, 0.2) is 36.4 Å². The van der Waals surface area contributed by atoms with Gasteiger partial charge in [-0.1, -0.05) is 42.7 Å². The van der Waals surface area contributed by atoms with Crippen molar-refractivity contribution in [1.29, 1.82) is 0 Å². The highest BCUT2D eigenvalue weighted by Crippen LogP contribution is 2.47. The van der Waals surface area contributed by atoms with Crippen molar-refractivity contribution in [3.05, 3.63) is 58.0 Å². The average Bonchev–Trinajstić information content (AvgIpc) is 3.58. The second-order valence-corrected chi connectivity index (χ2v) is 12.2. The fraction of sp³-hybridized carbons (Fsp3) is 0.259. The van der Waals surface area contributed by atoms with Crippen LogP contribution in [0.4, 0.5) is 0 Å². The van der Waals surface area contributed by atoms with Crippen LogP contribution in [0.5, 0.6) is 0 Å². The largest absolute Gasteiger partial charge is 0.342 e. The van der Waals surface area contributed by atoms with E-state index in [4.69, 9.17) is 0 Å². The lowest BCUT2D eigenvalue weighted by atomic mass is 10.1. The first-order valence-corrected chi connectivity index (χ1v) is 13.9. The zero-order valence-electron chi connectivity index (χ0n) is 19.5. The van der Waals surface area contributed by atoms with Gasteiger partial charge in [-0.05, 0) is 44.0 Å². The molecule has 0 spiro atoms. The van der Waals surface area contributed by atoms with Crippen molar-refractivity contribution in [2.45, 2.75) is 33.6 Å². The van der Waals surface area contributed by atoms with Crippen LogP contribution < -0.4 is 0 Å². The first-order chi connectivity index (χ1) is 16.4. The van der Waals surface area contributed by atoms with Crippen molar-refractivity contribution < 1.29 is 9.59 Å². The number of carbonyl (C=O) groups excluding carboxylic acids is 2. The van der Waals surface area contributed by atoms with Gasteiger partial charge in [-0.25, -0.2) is 0 Å². The van der Waals surface area contributed by atoms with Crippen LogP contribution in [0.25, 0.3) is 40.6 Å². The van der Waals surface area contributed by atoms with Crippen LogP contribution in [-0.2, 0) is 7.05 Å². The Kier molecular flexibility index (Phi) is 5.06. The number of hydrogen-bond acceptors (Lipinski definition) is 5. The molecule has 5 heterocycles. The monoisotopic (exact) mass is 504 g/mol. The Morgan fingerprint density at radius 3 is 2.03 bits per heavy atom. The van der Waals surface area contributed by atoms with E-state index in [0.29, 0.717) is 17.0 Å². The average molecular weight is 505 g/mol. The summed E-state index contributed by atoms with van der Waals surface area (Å²) in [6.07, 6.45) is 1.80. The highest BCUT2D eigenvalue weighted by Gasteiger charge is 2.37. The molecule has 0 saturated heterocycles. The molecule has 1 aliphatic rings. The standard InChI is InChI=1S/C27H24N2O2S3/c1-5-6-7-29-26(30)17-11-21(33-23(17)27(29)31)22-13-19-25(34-22)24-18(28(19)4)12-20(32-24)16-9-14(2)8-15(3)10-16/h8-13H,5-7H2,1-4H3. The lowest BCUT2D eigenvalue weighted by molar-refractivity contribution is 0.0653. The molecule has 0 fully saturated rings. The maximum Gasteiger partial charge on any atom is 0.271 e. The lowest BCUT2D eigenvalue weighted by Gasteiger charge is -2.12. The van der Waals surface area contributed by atoms with Gasteiger partial charge in [0.15, 0.2) is 0 Å². The Morgan fingerprint density at radius 2 is 1.38 bits per heavy atom. The molecule has 0 saturated carbocycles. The van der Waals surface area contributed by atoms with Gasteiger partial charge in [-0.15, -0.1) is 34.0 Å². The number of thiophene rings is 3. The minimum Gasteiger partial charge on any atom is -0.342 e. The second kappa shape index (κ2) is 7.90. The predicted octanol–water partition coefficient (Wildman–Crippen LogP) is 7.86. The Labute approximate surface area is 210 Å². The van der Waals surface area contributed by atoms with Gasteiger partial charge >= 0.3 is 0 Å². The molecule has 1 aromatic carbocycles. The van der Waals surface area contributed by atoms with Crippen LogP contribution in [-0.4, -0.2) is 27.8 Å². The number of nitrogens with zero attached hydrogens (tertiary/aromatic N) is 2. The van der Waals surface area contributed by atoms with Crippen LogP contribution >= 0.6 is 34.0 Å². The first-order valence-electron chi connectivity index (χ1n) is 11.5. The zero-order valence-corrected chi connectivity index (χ0v) is 22.0. The number of amides is 2. The van der Waals surface area contributed by atoms with Gasteiger partial charge in [-0.3, -0.25) is 14.5 Å². The van der Waals surface area contributed by atoms with Crippen LogP contribution in [0.1, 0.15) is 50.9 Å². The number of unbranched alkanes of at least 4 members (excludes halogenated alkanes) is 1. The molecule has 34 heavy (non-hydrogen) atoms. The Morgan fingerprint density at radius 1 is 0.765 bits per heavy atom. The fourth-order valence-corrected chi connectivity index (χ4v) is 8.49. The summed E-state index contributed by atoms with van der Waals surface area (Å²) in [5, 5.41) is 0. The SMILES string of the molecule is CCCCN1C(=O)c2cc(-c3cc4c(s3)c3sc(-c5cc(C)cc(C)c5)cc3n4C)sc2C1=O. The van der Waals surface area contributed by atoms with Crippen molar-refractivity contribution in [2.24, 2.45) is 7.05 Å². The highest BCUT2D eigenvalue weighted by atomic mass is 32.1. The van der Waals surface area contributed by atoms with Gasteiger partial charge < -0.3 is 4.57 Å². The third-order valence-electron chi connectivity index (χ3n) is 6.49.